The van der Waals surface area contributed by atoms with Crippen molar-refractivity contribution in [2.45, 2.75) is 12.8 Å². The van der Waals surface area contributed by atoms with Crippen LogP contribution in [-0.2, 0) is 0 Å². The molecule has 2 N–H and O–H groups in total. The molecular weight excluding hydrogens is 202 g/mol. The van der Waals surface area contributed by atoms with Gasteiger partial charge in [-0.1, -0.05) is 11.6 Å². The van der Waals surface area contributed by atoms with Crippen LogP contribution in [0.5, 0.6) is 0 Å². The second kappa shape index (κ2) is 3.71. The van der Waals surface area contributed by atoms with E-state index in [4.69, 9.17) is 16.7 Å². The highest BCUT2D eigenvalue weighted by Crippen LogP contribution is 2.44. The lowest BCUT2D eigenvalue weighted by Crippen LogP contribution is -2.19. The molecule has 0 amide bonds. The van der Waals surface area contributed by atoms with E-state index in [1.54, 1.807) is 12.4 Å². The lowest BCUT2D eigenvalue weighted by Gasteiger charge is -2.13. The fraction of sp³-hybridized carbons (Fsp3) is 0.556. The van der Waals surface area contributed by atoms with Crippen molar-refractivity contribution in [1.82, 2.24) is 9.97 Å². The number of aliphatic hydroxyl groups is 1. The fourth-order valence-corrected chi connectivity index (χ4v) is 1.45. The molecule has 14 heavy (non-hydrogen) atoms. The number of rotatable bonds is 4. The van der Waals surface area contributed by atoms with Gasteiger partial charge in [0.25, 0.3) is 0 Å². The summed E-state index contributed by atoms with van der Waals surface area (Å²) >= 11 is 5.82. The van der Waals surface area contributed by atoms with E-state index >= 15 is 0 Å². The Morgan fingerprint density at radius 3 is 2.71 bits per heavy atom. The second-order valence-corrected chi connectivity index (χ2v) is 4.07. The average molecular weight is 214 g/mol. The molecular formula is C9H12ClN3O. The van der Waals surface area contributed by atoms with E-state index in [2.05, 4.69) is 15.3 Å². The molecule has 1 fully saturated rings. The van der Waals surface area contributed by atoms with Crippen molar-refractivity contribution in [2.75, 3.05) is 18.5 Å². The van der Waals surface area contributed by atoms with Gasteiger partial charge in [-0.25, -0.2) is 9.97 Å². The minimum absolute atomic E-state index is 0.0564. The van der Waals surface area contributed by atoms with Gasteiger partial charge < -0.3 is 10.4 Å². The predicted octanol–water partition coefficient (Wildman–Crippen LogP) is 1.31. The highest BCUT2D eigenvalue weighted by molar-refractivity contribution is 6.31. The smallest absolute Gasteiger partial charge is 0.171 e. The summed E-state index contributed by atoms with van der Waals surface area (Å²) in [6.45, 7) is 0.930. The summed E-state index contributed by atoms with van der Waals surface area (Å²) in [6.07, 6.45) is 5.27. The van der Waals surface area contributed by atoms with Gasteiger partial charge in [-0.3, -0.25) is 0 Å². The van der Waals surface area contributed by atoms with E-state index in [0.29, 0.717) is 17.5 Å². The molecule has 0 saturated heterocycles. The van der Waals surface area contributed by atoms with Gasteiger partial charge in [0, 0.05) is 24.4 Å². The first-order valence-corrected chi connectivity index (χ1v) is 4.95. The third-order valence-corrected chi connectivity index (χ3v) is 2.85. The molecule has 0 aromatic carbocycles. The van der Waals surface area contributed by atoms with Crippen molar-refractivity contribution in [3.8, 4) is 0 Å². The van der Waals surface area contributed by atoms with Crippen LogP contribution in [0.3, 0.4) is 0 Å². The summed E-state index contributed by atoms with van der Waals surface area (Å²) in [7, 11) is 0. The monoisotopic (exact) mass is 213 g/mol. The molecule has 1 aliphatic carbocycles. The van der Waals surface area contributed by atoms with Crippen LogP contribution >= 0.6 is 11.6 Å². The first kappa shape index (κ1) is 9.68. The van der Waals surface area contributed by atoms with Crippen molar-refractivity contribution in [2.24, 2.45) is 5.41 Å². The molecule has 0 bridgehead atoms. The SMILES string of the molecule is OCC1(CNc2nccnc2Cl)CC1. The minimum atomic E-state index is 0.0564. The Morgan fingerprint density at radius 2 is 2.14 bits per heavy atom. The van der Waals surface area contributed by atoms with Gasteiger partial charge in [-0.05, 0) is 12.8 Å². The third-order valence-electron chi connectivity index (χ3n) is 2.58. The molecule has 1 aromatic rings. The van der Waals surface area contributed by atoms with Crippen molar-refractivity contribution in [3.63, 3.8) is 0 Å². The first-order valence-electron chi connectivity index (χ1n) is 4.57. The second-order valence-electron chi connectivity index (χ2n) is 3.71. The summed E-state index contributed by atoms with van der Waals surface area (Å²) in [5.41, 5.74) is 0.0564. The Kier molecular flexibility index (Phi) is 2.56. The summed E-state index contributed by atoms with van der Waals surface area (Å²) < 4.78 is 0. The Bertz CT molecular complexity index is 328. The number of hydrogen-bond acceptors (Lipinski definition) is 4. The quantitative estimate of drug-likeness (QED) is 0.792. The highest BCUT2D eigenvalue weighted by Gasteiger charge is 2.41. The van der Waals surface area contributed by atoms with Crippen LogP contribution in [0, 0.1) is 5.41 Å². The van der Waals surface area contributed by atoms with Crippen molar-refractivity contribution in [1.29, 1.82) is 0 Å². The van der Waals surface area contributed by atoms with Crippen LogP contribution in [0.2, 0.25) is 5.15 Å². The lowest BCUT2D eigenvalue weighted by molar-refractivity contribution is 0.219. The fourth-order valence-electron chi connectivity index (χ4n) is 1.28. The highest BCUT2D eigenvalue weighted by atomic mass is 35.5. The van der Waals surface area contributed by atoms with Gasteiger partial charge in [0.2, 0.25) is 0 Å². The topological polar surface area (TPSA) is 58.0 Å². The number of nitrogens with zero attached hydrogens (tertiary/aromatic N) is 2. The van der Waals surface area contributed by atoms with Gasteiger partial charge in [0.1, 0.15) is 0 Å². The number of aromatic nitrogens is 2. The molecule has 1 aliphatic rings. The van der Waals surface area contributed by atoms with Crippen LogP contribution < -0.4 is 5.32 Å². The van der Waals surface area contributed by atoms with Gasteiger partial charge in [-0.2, -0.15) is 0 Å². The predicted molar refractivity (Wildman–Crippen MR) is 54.3 cm³/mol. The van der Waals surface area contributed by atoms with E-state index in [-0.39, 0.29) is 12.0 Å². The Balaban J connectivity index is 1.95. The maximum absolute atomic E-state index is 9.09. The Hall–Kier alpha value is -0.870. The molecule has 5 heteroatoms. The van der Waals surface area contributed by atoms with Crippen LogP contribution in [0.1, 0.15) is 12.8 Å². The molecule has 0 atom stereocenters. The zero-order chi connectivity index (χ0) is 10.0. The number of halogens is 1. The van der Waals surface area contributed by atoms with E-state index < -0.39 is 0 Å². The molecule has 1 saturated carbocycles. The zero-order valence-corrected chi connectivity index (χ0v) is 8.46. The summed E-state index contributed by atoms with van der Waals surface area (Å²) in [6, 6.07) is 0. The zero-order valence-electron chi connectivity index (χ0n) is 7.70. The summed E-state index contributed by atoms with van der Waals surface area (Å²) in [4.78, 5) is 7.96. The molecule has 1 heterocycles. The standard InChI is InChI=1S/C9H12ClN3O/c10-7-8(12-4-3-11-7)13-5-9(6-14)1-2-9/h3-4,14H,1-2,5-6H2,(H,12,13). The number of anilines is 1. The maximum Gasteiger partial charge on any atom is 0.171 e. The molecule has 4 nitrogen and oxygen atoms in total. The molecule has 0 unspecified atom stereocenters. The minimum Gasteiger partial charge on any atom is -0.396 e. The van der Waals surface area contributed by atoms with Crippen LogP contribution in [-0.4, -0.2) is 28.2 Å². The maximum atomic E-state index is 9.09. The van der Waals surface area contributed by atoms with E-state index in [9.17, 15) is 0 Å². The molecule has 1 aromatic heterocycles. The molecule has 76 valence electrons. The number of nitrogens with one attached hydrogen (secondary N) is 1. The van der Waals surface area contributed by atoms with Gasteiger partial charge in [-0.15, -0.1) is 0 Å². The Morgan fingerprint density at radius 1 is 1.43 bits per heavy atom. The van der Waals surface area contributed by atoms with Gasteiger partial charge in [0.05, 0.1) is 6.61 Å². The third kappa shape index (κ3) is 1.96. The van der Waals surface area contributed by atoms with Crippen LogP contribution in [0.4, 0.5) is 5.82 Å². The molecule has 0 spiro atoms. The van der Waals surface area contributed by atoms with E-state index in [1.807, 2.05) is 0 Å². The normalized spacial score (nSPS) is 17.9. The number of aliphatic hydroxyl groups excluding tert-OH is 1. The van der Waals surface area contributed by atoms with Crippen LogP contribution in [0.25, 0.3) is 0 Å². The Labute approximate surface area is 87.3 Å². The summed E-state index contributed by atoms with van der Waals surface area (Å²) in [5.74, 6) is 0.592. The van der Waals surface area contributed by atoms with Gasteiger partial charge in [0.15, 0.2) is 11.0 Å². The largest absolute Gasteiger partial charge is 0.396 e. The lowest BCUT2D eigenvalue weighted by atomic mass is 10.1. The molecule has 2 rings (SSSR count). The van der Waals surface area contributed by atoms with Gasteiger partial charge >= 0.3 is 0 Å². The summed E-state index contributed by atoms with van der Waals surface area (Å²) in [5, 5.41) is 12.6. The van der Waals surface area contributed by atoms with E-state index in [1.165, 1.54) is 0 Å². The van der Waals surface area contributed by atoms with Crippen molar-refractivity contribution < 1.29 is 5.11 Å². The first-order chi connectivity index (χ1) is 6.76. The molecule has 0 aliphatic heterocycles. The van der Waals surface area contributed by atoms with Crippen molar-refractivity contribution in [3.05, 3.63) is 17.5 Å². The average Bonchev–Trinajstić information content (AvgIpc) is 2.98. The van der Waals surface area contributed by atoms with E-state index in [0.717, 1.165) is 12.8 Å². The molecule has 0 radical (unpaired) electrons. The van der Waals surface area contributed by atoms with Crippen LogP contribution in [0.15, 0.2) is 12.4 Å². The van der Waals surface area contributed by atoms with Crippen molar-refractivity contribution >= 4 is 17.4 Å². The number of hydrogen-bond donors (Lipinski definition) is 2.